The van der Waals surface area contributed by atoms with Crippen molar-refractivity contribution in [2.45, 2.75) is 52.7 Å². The SMILES string of the molecule is Cc1nc(CN2CCC(C(=O)N(Cc3ccc(Cl)c(Cl)c3)C(C)C)CC2)cs1. The first-order chi connectivity index (χ1) is 13.3. The van der Waals surface area contributed by atoms with Gasteiger partial charge in [-0.1, -0.05) is 29.3 Å². The molecule has 0 bridgehead atoms. The molecule has 0 N–H and O–H groups in total. The summed E-state index contributed by atoms with van der Waals surface area (Å²) < 4.78 is 0. The number of halogens is 2. The lowest BCUT2D eigenvalue weighted by atomic mass is 9.94. The minimum absolute atomic E-state index is 0.0820. The van der Waals surface area contributed by atoms with E-state index in [4.69, 9.17) is 23.2 Å². The van der Waals surface area contributed by atoms with Gasteiger partial charge in [-0.15, -0.1) is 11.3 Å². The number of amides is 1. The molecular weight excluding hydrogens is 413 g/mol. The monoisotopic (exact) mass is 439 g/mol. The smallest absolute Gasteiger partial charge is 0.226 e. The number of carbonyl (C=O) groups is 1. The van der Waals surface area contributed by atoms with Crippen LogP contribution in [0.1, 0.15) is 43.0 Å². The third kappa shape index (κ3) is 5.47. The first kappa shape index (κ1) is 21.6. The molecule has 7 heteroatoms. The summed E-state index contributed by atoms with van der Waals surface area (Å²) in [5.74, 6) is 0.323. The van der Waals surface area contributed by atoms with E-state index in [-0.39, 0.29) is 17.9 Å². The first-order valence-corrected chi connectivity index (χ1v) is 11.3. The van der Waals surface area contributed by atoms with Gasteiger partial charge in [-0.2, -0.15) is 0 Å². The van der Waals surface area contributed by atoms with Crippen LogP contribution in [-0.2, 0) is 17.9 Å². The van der Waals surface area contributed by atoms with Gasteiger partial charge in [0.1, 0.15) is 0 Å². The predicted molar refractivity (Wildman–Crippen MR) is 117 cm³/mol. The van der Waals surface area contributed by atoms with Crippen molar-refractivity contribution in [1.82, 2.24) is 14.8 Å². The van der Waals surface area contributed by atoms with Gasteiger partial charge in [0.25, 0.3) is 0 Å². The van der Waals surface area contributed by atoms with Crippen molar-refractivity contribution in [2.75, 3.05) is 13.1 Å². The maximum absolute atomic E-state index is 13.2. The summed E-state index contributed by atoms with van der Waals surface area (Å²) in [5, 5.41) is 4.30. The highest BCUT2D eigenvalue weighted by molar-refractivity contribution is 7.09. The molecule has 2 heterocycles. The molecule has 1 aliphatic rings. The molecule has 0 unspecified atom stereocenters. The average molecular weight is 440 g/mol. The minimum atomic E-state index is 0.0820. The molecule has 1 saturated heterocycles. The maximum atomic E-state index is 13.2. The molecule has 1 aromatic carbocycles. The predicted octanol–water partition coefficient (Wildman–Crippen LogP) is 5.41. The van der Waals surface area contributed by atoms with Crippen LogP contribution < -0.4 is 0 Å². The number of nitrogens with zero attached hydrogens (tertiary/aromatic N) is 3. The molecule has 2 aromatic rings. The third-order valence-electron chi connectivity index (χ3n) is 5.23. The van der Waals surface area contributed by atoms with Crippen molar-refractivity contribution in [1.29, 1.82) is 0 Å². The van der Waals surface area contributed by atoms with Crippen molar-refractivity contribution in [2.24, 2.45) is 5.92 Å². The van der Waals surface area contributed by atoms with E-state index in [1.807, 2.05) is 24.0 Å². The Kier molecular flexibility index (Phi) is 7.37. The minimum Gasteiger partial charge on any atom is -0.336 e. The second kappa shape index (κ2) is 9.57. The lowest BCUT2D eigenvalue weighted by Gasteiger charge is -2.35. The van der Waals surface area contributed by atoms with Crippen LogP contribution >= 0.6 is 34.5 Å². The molecule has 3 rings (SSSR count). The van der Waals surface area contributed by atoms with Crippen LogP contribution in [0.4, 0.5) is 0 Å². The van der Waals surface area contributed by atoms with Gasteiger partial charge in [0.2, 0.25) is 5.91 Å². The molecule has 0 atom stereocenters. The molecule has 1 aliphatic heterocycles. The molecule has 1 fully saturated rings. The fraction of sp³-hybridized carbons (Fsp3) is 0.524. The Balaban J connectivity index is 1.58. The highest BCUT2D eigenvalue weighted by Crippen LogP contribution is 2.26. The first-order valence-electron chi connectivity index (χ1n) is 9.71. The number of rotatable bonds is 6. The largest absolute Gasteiger partial charge is 0.336 e. The summed E-state index contributed by atoms with van der Waals surface area (Å²) in [6.45, 7) is 9.48. The molecule has 4 nitrogen and oxygen atoms in total. The van der Waals surface area contributed by atoms with Crippen LogP contribution in [0.2, 0.25) is 10.0 Å². The number of hydrogen-bond acceptors (Lipinski definition) is 4. The molecule has 28 heavy (non-hydrogen) atoms. The summed E-state index contributed by atoms with van der Waals surface area (Å²) in [5.41, 5.74) is 2.14. The van der Waals surface area contributed by atoms with E-state index in [1.54, 1.807) is 17.4 Å². The Morgan fingerprint density at radius 3 is 2.57 bits per heavy atom. The van der Waals surface area contributed by atoms with Crippen LogP contribution in [0, 0.1) is 12.8 Å². The second-order valence-electron chi connectivity index (χ2n) is 7.72. The fourth-order valence-corrected chi connectivity index (χ4v) is 4.56. The van der Waals surface area contributed by atoms with Gasteiger partial charge in [-0.05, 0) is 64.4 Å². The summed E-state index contributed by atoms with van der Waals surface area (Å²) >= 11 is 13.9. The third-order valence-corrected chi connectivity index (χ3v) is 6.79. The Labute approximate surface area is 181 Å². The van der Waals surface area contributed by atoms with Crippen molar-refractivity contribution >= 4 is 40.4 Å². The van der Waals surface area contributed by atoms with E-state index >= 15 is 0 Å². The molecule has 0 aliphatic carbocycles. The number of piperidine rings is 1. The summed E-state index contributed by atoms with van der Waals surface area (Å²) in [7, 11) is 0. The zero-order chi connectivity index (χ0) is 20.3. The van der Waals surface area contributed by atoms with Gasteiger partial charge in [-0.25, -0.2) is 4.98 Å². The van der Waals surface area contributed by atoms with Gasteiger partial charge in [0.05, 0.1) is 20.7 Å². The van der Waals surface area contributed by atoms with Crippen LogP contribution in [-0.4, -0.2) is 39.8 Å². The zero-order valence-electron chi connectivity index (χ0n) is 16.6. The molecule has 0 spiro atoms. The normalized spacial score (nSPS) is 15.9. The Morgan fingerprint density at radius 1 is 1.29 bits per heavy atom. The van der Waals surface area contributed by atoms with Crippen molar-refractivity contribution in [3.05, 3.63) is 49.9 Å². The standard InChI is InChI=1S/C21H27Cl2N3OS/c1-14(2)26(11-16-4-5-19(22)20(23)10-16)21(27)17-6-8-25(9-7-17)12-18-13-28-15(3)24-18/h4-5,10,13-14,17H,6-9,11-12H2,1-3H3. The number of hydrogen-bond donors (Lipinski definition) is 0. The van der Waals surface area contributed by atoms with Gasteiger partial charge in [0, 0.05) is 30.4 Å². The summed E-state index contributed by atoms with van der Waals surface area (Å²) in [4.78, 5) is 22.1. The van der Waals surface area contributed by atoms with Crippen molar-refractivity contribution in [3.63, 3.8) is 0 Å². The lowest BCUT2D eigenvalue weighted by molar-refractivity contribution is -0.139. The van der Waals surface area contributed by atoms with Crippen LogP contribution in [0.3, 0.4) is 0 Å². The van der Waals surface area contributed by atoms with E-state index in [0.717, 1.165) is 48.7 Å². The van der Waals surface area contributed by atoms with E-state index in [1.165, 1.54) is 0 Å². The number of aromatic nitrogens is 1. The lowest BCUT2D eigenvalue weighted by Crippen LogP contribution is -2.44. The van der Waals surface area contributed by atoms with Gasteiger partial charge < -0.3 is 4.90 Å². The maximum Gasteiger partial charge on any atom is 0.226 e. The fourth-order valence-electron chi connectivity index (χ4n) is 3.63. The van der Waals surface area contributed by atoms with Gasteiger partial charge in [-0.3, -0.25) is 9.69 Å². The molecule has 152 valence electrons. The quantitative estimate of drug-likeness (QED) is 0.603. The number of benzene rings is 1. The Hall–Kier alpha value is -1.14. The Morgan fingerprint density at radius 2 is 2.00 bits per heavy atom. The van der Waals surface area contributed by atoms with Crippen molar-refractivity contribution in [3.8, 4) is 0 Å². The highest BCUT2D eigenvalue weighted by Gasteiger charge is 2.30. The average Bonchev–Trinajstić information content (AvgIpc) is 3.07. The number of aryl methyl sites for hydroxylation is 1. The zero-order valence-corrected chi connectivity index (χ0v) is 18.9. The molecular formula is C21H27Cl2N3OS. The van der Waals surface area contributed by atoms with E-state index in [0.29, 0.717) is 16.6 Å². The second-order valence-corrected chi connectivity index (χ2v) is 9.59. The molecule has 1 amide bonds. The van der Waals surface area contributed by atoms with Crippen LogP contribution in [0.15, 0.2) is 23.6 Å². The van der Waals surface area contributed by atoms with Gasteiger partial charge in [0.15, 0.2) is 0 Å². The summed E-state index contributed by atoms with van der Waals surface area (Å²) in [6.07, 6.45) is 1.79. The van der Waals surface area contributed by atoms with Crippen LogP contribution in [0.5, 0.6) is 0 Å². The van der Waals surface area contributed by atoms with E-state index < -0.39 is 0 Å². The van der Waals surface area contributed by atoms with E-state index in [9.17, 15) is 4.79 Å². The molecule has 0 radical (unpaired) electrons. The molecule has 0 saturated carbocycles. The summed E-state index contributed by atoms with van der Waals surface area (Å²) in [6, 6.07) is 5.72. The Bertz CT molecular complexity index is 816. The van der Waals surface area contributed by atoms with Gasteiger partial charge >= 0.3 is 0 Å². The topological polar surface area (TPSA) is 36.4 Å². The van der Waals surface area contributed by atoms with Crippen LogP contribution in [0.25, 0.3) is 0 Å². The van der Waals surface area contributed by atoms with Crippen molar-refractivity contribution < 1.29 is 4.79 Å². The number of likely N-dealkylation sites (tertiary alicyclic amines) is 1. The number of carbonyl (C=O) groups excluding carboxylic acids is 1. The van der Waals surface area contributed by atoms with E-state index in [2.05, 4.69) is 29.1 Å². The number of thiazole rings is 1. The highest BCUT2D eigenvalue weighted by atomic mass is 35.5. The molecule has 1 aromatic heterocycles.